The summed E-state index contributed by atoms with van der Waals surface area (Å²) in [6.07, 6.45) is 0. The molecule has 4 rings (SSSR count). The lowest BCUT2D eigenvalue weighted by atomic mass is 10.1. The molecule has 0 aliphatic rings. The normalized spacial score (nSPS) is 11.0. The maximum atomic E-state index is 12.8. The van der Waals surface area contributed by atoms with Crippen molar-refractivity contribution >= 4 is 22.6 Å². The van der Waals surface area contributed by atoms with Crippen LogP contribution in [0.1, 0.15) is 27.3 Å². The third-order valence-electron chi connectivity index (χ3n) is 4.47. The Balaban J connectivity index is 1.57. The Morgan fingerprint density at radius 1 is 1.14 bits per heavy atom. The van der Waals surface area contributed by atoms with Gasteiger partial charge in [0, 0.05) is 11.3 Å². The summed E-state index contributed by atoms with van der Waals surface area (Å²) in [6, 6.07) is 12.9. The van der Waals surface area contributed by atoms with Crippen molar-refractivity contribution in [2.45, 2.75) is 20.4 Å². The molecule has 1 amide bonds. The second-order valence-electron chi connectivity index (χ2n) is 6.52. The smallest absolute Gasteiger partial charge is 0.255 e. The van der Waals surface area contributed by atoms with Gasteiger partial charge in [0.1, 0.15) is 0 Å². The molecule has 2 aromatic carbocycles. The minimum absolute atomic E-state index is 0.246. The van der Waals surface area contributed by atoms with Gasteiger partial charge in [0.05, 0.1) is 25.0 Å². The van der Waals surface area contributed by atoms with Crippen molar-refractivity contribution in [2.24, 2.45) is 0 Å². The summed E-state index contributed by atoms with van der Waals surface area (Å²) in [7, 11) is 1.54. The average molecular weight is 377 g/mol. The van der Waals surface area contributed by atoms with Crippen LogP contribution in [0.3, 0.4) is 0 Å². The van der Waals surface area contributed by atoms with Crippen molar-refractivity contribution in [2.75, 3.05) is 12.4 Å². The number of rotatable bonds is 5. The topological polar surface area (TPSA) is 95.1 Å². The Labute approximate surface area is 161 Å². The highest BCUT2D eigenvalue weighted by Gasteiger charge is 2.15. The molecule has 0 saturated heterocycles. The summed E-state index contributed by atoms with van der Waals surface area (Å²) in [4.78, 5) is 12.8. The quantitative estimate of drug-likeness (QED) is 0.573. The zero-order chi connectivity index (χ0) is 19.7. The molecular formula is C20H19N5O3. The molecule has 8 nitrogen and oxygen atoms in total. The van der Waals surface area contributed by atoms with Crippen molar-refractivity contribution in [3.05, 3.63) is 65.0 Å². The van der Waals surface area contributed by atoms with E-state index >= 15 is 0 Å². The van der Waals surface area contributed by atoms with Crippen molar-refractivity contribution in [3.8, 4) is 5.75 Å². The van der Waals surface area contributed by atoms with Gasteiger partial charge >= 0.3 is 0 Å². The minimum Gasteiger partial charge on any atom is -0.494 e. The van der Waals surface area contributed by atoms with Gasteiger partial charge in [-0.3, -0.25) is 9.48 Å². The number of hydrogen-bond donors (Lipinski definition) is 1. The van der Waals surface area contributed by atoms with Gasteiger partial charge < -0.3 is 10.1 Å². The van der Waals surface area contributed by atoms with E-state index in [1.54, 1.807) is 18.2 Å². The molecule has 142 valence electrons. The molecule has 0 atom stereocenters. The Morgan fingerprint density at radius 3 is 2.71 bits per heavy atom. The third kappa shape index (κ3) is 3.32. The van der Waals surface area contributed by atoms with E-state index in [2.05, 4.69) is 20.7 Å². The Hall–Kier alpha value is -3.68. The van der Waals surface area contributed by atoms with Crippen LogP contribution in [-0.2, 0) is 6.54 Å². The van der Waals surface area contributed by atoms with E-state index in [1.807, 2.05) is 42.8 Å². The van der Waals surface area contributed by atoms with Crippen LogP contribution < -0.4 is 10.1 Å². The standard InChI is InChI=1S/C20H19N5O3/c1-12-9-13(2)25(22-12)11-14-5-4-6-15(10-14)20(26)21-16-7-8-17(27-3)19-18(16)23-28-24-19/h4-10H,11H2,1-3H3,(H,21,26). The van der Waals surface area contributed by atoms with Gasteiger partial charge in [-0.2, -0.15) is 5.10 Å². The molecule has 4 aromatic rings. The van der Waals surface area contributed by atoms with Crippen LogP contribution in [0.5, 0.6) is 5.75 Å². The lowest BCUT2D eigenvalue weighted by Gasteiger charge is -2.09. The van der Waals surface area contributed by atoms with E-state index in [0.717, 1.165) is 17.0 Å². The van der Waals surface area contributed by atoms with Gasteiger partial charge in [0.25, 0.3) is 5.91 Å². The van der Waals surface area contributed by atoms with Crippen molar-refractivity contribution in [1.29, 1.82) is 0 Å². The Bertz CT molecular complexity index is 1160. The second kappa shape index (κ2) is 7.15. The number of aryl methyl sites for hydroxylation is 2. The van der Waals surface area contributed by atoms with Crippen LogP contribution >= 0.6 is 0 Å². The molecule has 2 aromatic heterocycles. The van der Waals surface area contributed by atoms with E-state index in [9.17, 15) is 4.79 Å². The van der Waals surface area contributed by atoms with Crippen LogP contribution in [-0.4, -0.2) is 33.1 Å². The first-order chi connectivity index (χ1) is 13.5. The maximum absolute atomic E-state index is 12.8. The fourth-order valence-electron chi connectivity index (χ4n) is 3.12. The molecule has 0 unspecified atom stereocenters. The zero-order valence-electron chi connectivity index (χ0n) is 15.8. The largest absolute Gasteiger partial charge is 0.494 e. The molecule has 0 aliphatic carbocycles. The molecule has 28 heavy (non-hydrogen) atoms. The molecule has 0 bridgehead atoms. The number of anilines is 1. The molecule has 0 radical (unpaired) electrons. The van der Waals surface area contributed by atoms with Gasteiger partial charge in [0.2, 0.25) is 0 Å². The second-order valence-corrected chi connectivity index (χ2v) is 6.52. The predicted molar refractivity (Wildman–Crippen MR) is 104 cm³/mol. The van der Waals surface area contributed by atoms with E-state index in [4.69, 9.17) is 9.37 Å². The van der Waals surface area contributed by atoms with E-state index in [1.165, 1.54) is 7.11 Å². The van der Waals surface area contributed by atoms with E-state index in [-0.39, 0.29) is 5.91 Å². The van der Waals surface area contributed by atoms with E-state index in [0.29, 0.717) is 34.6 Å². The summed E-state index contributed by atoms with van der Waals surface area (Å²) in [5.41, 5.74) is 4.97. The molecule has 0 saturated carbocycles. The summed E-state index contributed by atoms with van der Waals surface area (Å²) in [5, 5.41) is 15.0. The number of amides is 1. The van der Waals surface area contributed by atoms with Crippen LogP contribution in [0.4, 0.5) is 5.69 Å². The number of carbonyl (C=O) groups excluding carboxylic acids is 1. The number of ether oxygens (including phenoxy) is 1. The number of benzene rings is 2. The molecule has 0 fully saturated rings. The number of fused-ring (bicyclic) bond motifs is 1. The number of hydrogen-bond acceptors (Lipinski definition) is 6. The van der Waals surface area contributed by atoms with Gasteiger partial charge in [-0.15, -0.1) is 0 Å². The highest BCUT2D eigenvalue weighted by atomic mass is 16.6. The van der Waals surface area contributed by atoms with Crippen molar-refractivity contribution in [3.63, 3.8) is 0 Å². The third-order valence-corrected chi connectivity index (χ3v) is 4.47. The lowest BCUT2D eigenvalue weighted by Crippen LogP contribution is -2.13. The van der Waals surface area contributed by atoms with Crippen molar-refractivity contribution < 1.29 is 14.2 Å². The molecule has 1 N–H and O–H groups in total. The summed E-state index contributed by atoms with van der Waals surface area (Å²) < 4.78 is 11.9. The number of methoxy groups -OCH3 is 1. The highest BCUT2D eigenvalue weighted by Crippen LogP contribution is 2.29. The van der Waals surface area contributed by atoms with Crippen molar-refractivity contribution in [1.82, 2.24) is 20.1 Å². The van der Waals surface area contributed by atoms with E-state index < -0.39 is 0 Å². The van der Waals surface area contributed by atoms with Gasteiger partial charge in [-0.05, 0) is 60.1 Å². The molecule has 0 aliphatic heterocycles. The Morgan fingerprint density at radius 2 is 1.96 bits per heavy atom. The zero-order valence-corrected chi connectivity index (χ0v) is 15.8. The number of nitrogens with one attached hydrogen (secondary N) is 1. The average Bonchev–Trinajstić information content (AvgIpc) is 3.29. The van der Waals surface area contributed by atoms with Crippen LogP contribution in [0, 0.1) is 13.8 Å². The van der Waals surface area contributed by atoms with Crippen LogP contribution in [0.25, 0.3) is 11.0 Å². The first kappa shape index (κ1) is 17.7. The summed E-state index contributed by atoms with van der Waals surface area (Å²) >= 11 is 0. The fraction of sp³-hybridized carbons (Fsp3) is 0.200. The summed E-state index contributed by atoms with van der Waals surface area (Å²) in [6.45, 7) is 4.57. The molecule has 0 spiro atoms. The monoisotopic (exact) mass is 377 g/mol. The van der Waals surface area contributed by atoms with Gasteiger partial charge in [-0.1, -0.05) is 12.1 Å². The Kier molecular flexibility index (Phi) is 4.52. The number of carbonyl (C=O) groups is 1. The first-order valence-electron chi connectivity index (χ1n) is 8.76. The van der Waals surface area contributed by atoms with Gasteiger partial charge in [0.15, 0.2) is 16.8 Å². The van der Waals surface area contributed by atoms with Crippen LogP contribution in [0.15, 0.2) is 47.1 Å². The summed E-state index contributed by atoms with van der Waals surface area (Å²) in [5.74, 6) is 0.283. The molecule has 8 heteroatoms. The lowest BCUT2D eigenvalue weighted by molar-refractivity contribution is 0.102. The maximum Gasteiger partial charge on any atom is 0.255 e. The fourth-order valence-corrected chi connectivity index (χ4v) is 3.12. The van der Waals surface area contributed by atoms with Gasteiger partial charge in [-0.25, -0.2) is 4.63 Å². The SMILES string of the molecule is COc1ccc(NC(=O)c2cccc(Cn3nc(C)cc3C)c2)c2nonc12. The minimum atomic E-state index is -0.246. The number of nitrogens with zero attached hydrogens (tertiary/aromatic N) is 4. The number of aromatic nitrogens is 4. The van der Waals surface area contributed by atoms with Crippen LogP contribution in [0.2, 0.25) is 0 Å². The first-order valence-corrected chi connectivity index (χ1v) is 8.76. The highest BCUT2D eigenvalue weighted by molar-refractivity contribution is 6.08. The molecule has 2 heterocycles. The molecular weight excluding hydrogens is 358 g/mol. The predicted octanol–water partition coefficient (Wildman–Crippen LogP) is 3.35.